The Morgan fingerprint density at radius 1 is 0.676 bits per heavy atom. The van der Waals surface area contributed by atoms with E-state index in [2.05, 4.69) is 36.6 Å². The Bertz CT molecular complexity index is 1340. The van der Waals surface area contributed by atoms with Gasteiger partial charge in [-0.15, -0.1) is 0 Å². The van der Waals surface area contributed by atoms with Gasteiger partial charge in [-0.1, -0.05) is 66.7 Å². The van der Waals surface area contributed by atoms with E-state index in [4.69, 9.17) is 0 Å². The van der Waals surface area contributed by atoms with E-state index in [1.165, 1.54) is 5.69 Å². The number of benzene rings is 3. The summed E-state index contributed by atoms with van der Waals surface area (Å²) >= 11 is 0. The van der Waals surface area contributed by atoms with Crippen molar-refractivity contribution in [2.75, 3.05) is 40.7 Å². The molecule has 5 rings (SSSR count). The molecule has 1 aliphatic heterocycles. The highest BCUT2D eigenvalue weighted by Gasteiger charge is 2.22. The smallest absolute Gasteiger partial charge is 0.264 e. The summed E-state index contributed by atoms with van der Waals surface area (Å²) in [7, 11) is -3.81. The van der Waals surface area contributed by atoms with Crippen molar-refractivity contribution in [3.05, 3.63) is 97.1 Å². The zero-order valence-electron chi connectivity index (χ0n) is 18.6. The summed E-state index contributed by atoms with van der Waals surface area (Å²) < 4.78 is 28.4. The van der Waals surface area contributed by atoms with Crippen molar-refractivity contribution in [1.82, 2.24) is 9.97 Å². The zero-order chi connectivity index (χ0) is 23.4. The molecule has 34 heavy (non-hydrogen) atoms. The first-order chi connectivity index (χ1) is 16.6. The highest BCUT2D eigenvalue weighted by atomic mass is 32.2. The molecule has 0 atom stereocenters. The van der Waals surface area contributed by atoms with Gasteiger partial charge in [0.05, 0.1) is 10.6 Å². The van der Waals surface area contributed by atoms with Crippen LogP contribution in [0, 0.1) is 0 Å². The molecule has 1 N–H and O–H groups in total. The van der Waals surface area contributed by atoms with Gasteiger partial charge in [0.1, 0.15) is 5.82 Å². The Kier molecular flexibility index (Phi) is 6.14. The number of rotatable bonds is 6. The minimum absolute atomic E-state index is 0.0608. The fourth-order valence-electron chi connectivity index (χ4n) is 4.01. The highest BCUT2D eigenvalue weighted by molar-refractivity contribution is 7.92. The van der Waals surface area contributed by atoms with E-state index < -0.39 is 10.0 Å². The third kappa shape index (κ3) is 4.87. The van der Waals surface area contributed by atoms with Gasteiger partial charge in [-0.3, -0.25) is 0 Å². The molecule has 172 valence electrons. The Morgan fingerprint density at radius 2 is 1.24 bits per heavy atom. The van der Waals surface area contributed by atoms with Crippen LogP contribution in [0.1, 0.15) is 0 Å². The van der Waals surface area contributed by atoms with Crippen LogP contribution in [0.3, 0.4) is 0 Å². The number of hydrogen-bond acceptors (Lipinski definition) is 6. The van der Waals surface area contributed by atoms with Crippen molar-refractivity contribution < 1.29 is 8.42 Å². The molecule has 7 nitrogen and oxygen atoms in total. The SMILES string of the molecule is O=S(=O)(Nc1nc(-c2ccccc2)cc(N2CCN(c3ccccc3)CC2)n1)c1ccccc1. The lowest BCUT2D eigenvalue weighted by Gasteiger charge is -2.36. The summed E-state index contributed by atoms with van der Waals surface area (Å²) in [5.74, 6) is 0.762. The average Bonchev–Trinajstić information content (AvgIpc) is 2.90. The van der Waals surface area contributed by atoms with Gasteiger partial charge in [0.25, 0.3) is 10.0 Å². The van der Waals surface area contributed by atoms with Gasteiger partial charge in [-0.2, -0.15) is 4.98 Å². The molecular formula is C26H25N5O2S. The van der Waals surface area contributed by atoms with Gasteiger partial charge < -0.3 is 9.80 Å². The topological polar surface area (TPSA) is 78.4 Å². The first-order valence-electron chi connectivity index (χ1n) is 11.2. The van der Waals surface area contributed by atoms with Gasteiger partial charge in [0.2, 0.25) is 5.95 Å². The normalized spacial score (nSPS) is 14.1. The van der Waals surface area contributed by atoms with E-state index in [1.807, 2.05) is 54.6 Å². The molecule has 1 fully saturated rings. The van der Waals surface area contributed by atoms with Gasteiger partial charge >= 0.3 is 0 Å². The van der Waals surface area contributed by atoms with E-state index in [9.17, 15) is 8.42 Å². The van der Waals surface area contributed by atoms with Crippen LogP contribution in [0.15, 0.2) is 102 Å². The Morgan fingerprint density at radius 3 is 1.88 bits per heavy atom. The lowest BCUT2D eigenvalue weighted by atomic mass is 10.1. The minimum atomic E-state index is -3.81. The second-order valence-corrected chi connectivity index (χ2v) is 9.71. The summed E-state index contributed by atoms with van der Waals surface area (Å²) in [5.41, 5.74) is 2.77. The fourth-order valence-corrected chi connectivity index (χ4v) is 4.98. The maximum atomic E-state index is 12.9. The van der Waals surface area contributed by atoms with Gasteiger partial charge in [0, 0.05) is 43.5 Å². The number of para-hydroxylation sites is 1. The molecule has 3 aromatic carbocycles. The standard InChI is InChI=1S/C26H25N5O2S/c32-34(33,23-14-8-3-9-15-23)29-26-27-24(21-10-4-1-5-11-21)20-25(28-26)31-18-16-30(17-19-31)22-12-6-2-7-13-22/h1-15,20H,16-19H2,(H,27,28,29). The largest absolute Gasteiger partial charge is 0.368 e. The summed E-state index contributed by atoms with van der Waals surface area (Å²) in [6.45, 7) is 3.23. The van der Waals surface area contributed by atoms with Crippen LogP contribution in [0.5, 0.6) is 0 Å². The number of sulfonamides is 1. The van der Waals surface area contributed by atoms with Crippen molar-refractivity contribution in [1.29, 1.82) is 0 Å². The average molecular weight is 472 g/mol. The number of nitrogens with zero attached hydrogens (tertiary/aromatic N) is 4. The molecule has 4 aromatic rings. The third-order valence-corrected chi connectivity index (χ3v) is 7.13. The molecule has 0 radical (unpaired) electrons. The number of nitrogens with one attached hydrogen (secondary N) is 1. The number of aromatic nitrogens is 2. The summed E-state index contributed by atoms with van der Waals surface area (Å²) in [6.07, 6.45) is 0. The molecule has 1 aliphatic rings. The van der Waals surface area contributed by atoms with Crippen molar-refractivity contribution in [2.45, 2.75) is 4.90 Å². The summed E-state index contributed by atoms with van der Waals surface area (Å²) in [4.78, 5) is 13.8. The van der Waals surface area contributed by atoms with Crippen molar-refractivity contribution in [3.8, 4) is 11.3 Å². The lowest BCUT2D eigenvalue weighted by molar-refractivity contribution is 0.600. The molecule has 8 heteroatoms. The van der Waals surface area contributed by atoms with Crippen LogP contribution in [-0.4, -0.2) is 44.6 Å². The zero-order valence-corrected chi connectivity index (χ0v) is 19.4. The van der Waals surface area contributed by atoms with Crippen LogP contribution in [0.4, 0.5) is 17.5 Å². The van der Waals surface area contributed by atoms with E-state index in [-0.39, 0.29) is 10.8 Å². The minimum Gasteiger partial charge on any atom is -0.368 e. The van der Waals surface area contributed by atoms with Crippen molar-refractivity contribution in [2.24, 2.45) is 0 Å². The predicted molar refractivity (Wildman–Crippen MR) is 136 cm³/mol. The van der Waals surface area contributed by atoms with E-state index in [0.29, 0.717) is 11.5 Å². The number of hydrogen-bond donors (Lipinski definition) is 1. The molecule has 0 unspecified atom stereocenters. The fraction of sp³-hybridized carbons (Fsp3) is 0.154. The quantitative estimate of drug-likeness (QED) is 0.453. The maximum Gasteiger partial charge on any atom is 0.264 e. The summed E-state index contributed by atoms with van der Waals surface area (Å²) in [5, 5.41) is 0. The van der Waals surface area contributed by atoms with Crippen LogP contribution in [0.25, 0.3) is 11.3 Å². The molecule has 1 aromatic heterocycles. The van der Waals surface area contributed by atoms with E-state index >= 15 is 0 Å². The Balaban J connectivity index is 1.44. The first-order valence-corrected chi connectivity index (χ1v) is 12.6. The predicted octanol–water partition coefficient (Wildman–Crippen LogP) is 4.27. The van der Waals surface area contributed by atoms with Crippen LogP contribution in [0.2, 0.25) is 0 Å². The van der Waals surface area contributed by atoms with E-state index in [0.717, 1.165) is 31.7 Å². The molecule has 0 saturated carbocycles. The lowest BCUT2D eigenvalue weighted by Crippen LogP contribution is -2.46. The second-order valence-electron chi connectivity index (χ2n) is 8.03. The summed E-state index contributed by atoms with van der Waals surface area (Å²) in [6, 6.07) is 30.2. The van der Waals surface area contributed by atoms with Crippen LogP contribution < -0.4 is 14.5 Å². The molecule has 0 spiro atoms. The first kappa shape index (κ1) is 21.9. The van der Waals surface area contributed by atoms with Gasteiger partial charge in [0.15, 0.2) is 0 Å². The Labute approximate surface area is 199 Å². The van der Waals surface area contributed by atoms with Crippen LogP contribution in [-0.2, 0) is 10.0 Å². The molecular weight excluding hydrogens is 446 g/mol. The molecule has 1 saturated heterocycles. The molecule has 0 bridgehead atoms. The van der Waals surface area contributed by atoms with Gasteiger partial charge in [-0.25, -0.2) is 18.1 Å². The van der Waals surface area contributed by atoms with E-state index in [1.54, 1.807) is 30.3 Å². The monoisotopic (exact) mass is 471 g/mol. The molecule has 0 aliphatic carbocycles. The maximum absolute atomic E-state index is 12.9. The second kappa shape index (κ2) is 9.52. The number of piperazine rings is 1. The van der Waals surface area contributed by atoms with Crippen LogP contribution >= 0.6 is 0 Å². The Hall–Kier alpha value is -3.91. The molecule has 2 heterocycles. The van der Waals surface area contributed by atoms with Crippen molar-refractivity contribution >= 4 is 27.5 Å². The van der Waals surface area contributed by atoms with Gasteiger partial charge in [-0.05, 0) is 24.3 Å². The molecule has 0 amide bonds. The highest BCUT2D eigenvalue weighted by Crippen LogP contribution is 2.26. The van der Waals surface area contributed by atoms with Crippen molar-refractivity contribution in [3.63, 3.8) is 0 Å². The third-order valence-electron chi connectivity index (χ3n) is 5.79. The number of anilines is 3.